The molecule has 1 N–H and O–H groups in total. The lowest BCUT2D eigenvalue weighted by Gasteiger charge is -2.34. The molecule has 4 rings (SSSR count). The molecular weight excluding hydrogens is 393 g/mol. The van der Waals surface area contributed by atoms with Crippen molar-refractivity contribution in [2.45, 2.75) is 4.90 Å². The minimum atomic E-state index is -3.63. The number of carbonyl (C=O) groups is 1. The monoisotopic (exact) mass is 413 g/mol. The largest absolute Gasteiger partial charge is 0.322 e. The number of nitrogens with one attached hydrogen (secondary N) is 1. The van der Waals surface area contributed by atoms with Crippen molar-refractivity contribution in [1.29, 1.82) is 0 Å². The number of urea groups is 1. The number of hydrogen-bond donors (Lipinski definition) is 1. The van der Waals surface area contributed by atoms with E-state index >= 15 is 0 Å². The van der Waals surface area contributed by atoms with Crippen molar-refractivity contribution in [3.05, 3.63) is 72.5 Å². The second-order valence-electron chi connectivity index (χ2n) is 6.84. The summed E-state index contributed by atoms with van der Waals surface area (Å²) in [6, 6.07) is 17.9. The molecule has 150 valence electrons. The maximum atomic E-state index is 13.0. The van der Waals surface area contributed by atoms with Crippen LogP contribution in [0.15, 0.2) is 71.6 Å². The van der Waals surface area contributed by atoms with Crippen molar-refractivity contribution in [3.8, 4) is 0 Å². The zero-order valence-corrected chi connectivity index (χ0v) is 16.4. The third kappa shape index (κ3) is 4.08. The SMILES string of the molecule is O=C(Nc1ccc(F)cc1)N1CCN(S(=O)(=O)c2ccc3ccccc3c2)CC1. The van der Waals surface area contributed by atoms with Gasteiger partial charge in [-0.05, 0) is 47.2 Å². The molecule has 1 aliphatic rings. The Balaban J connectivity index is 1.42. The first-order valence-electron chi connectivity index (χ1n) is 9.24. The van der Waals surface area contributed by atoms with Gasteiger partial charge < -0.3 is 10.2 Å². The van der Waals surface area contributed by atoms with Gasteiger partial charge in [0.2, 0.25) is 10.0 Å². The van der Waals surface area contributed by atoms with Gasteiger partial charge in [-0.3, -0.25) is 0 Å². The van der Waals surface area contributed by atoms with E-state index in [2.05, 4.69) is 5.32 Å². The van der Waals surface area contributed by atoms with Crippen LogP contribution in [0.3, 0.4) is 0 Å². The van der Waals surface area contributed by atoms with Crippen LogP contribution in [0, 0.1) is 5.82 Å². The number of rotatable bonds is 3. The topological polar surface area (TPSA) is 69.7 Å². The zero-order chi connectivity index (χ0) is 20.4. The maximum Gasteiger partial charge on any atom is 0.321 e. The molecule has 29 heavy (non-hydrogen) atoms. The van der Waals surface area contributed by atoms with Gasteiger partial charge in [-0.1, -0.05) is 30.3 Å². The van der Waals surface area contributed by atoms with Gasteiger partial charge in [0.05, 0.1) is 4.90 Å². The summed E-state index contributed by atoms with van der Waals surface area (Å²) in [5.74, 6) is -0.379. The van der Waals surface area contributed by atoms with E-state index < -0.39 is 10.0 Å². The smallest absolute Gasteiger partial charge is 0.321 e. The van der Waals surface area contributed by atoms with E-state index in [4.69, 9.17) is 0 Å². The highest BCUT2D eigenvalue weighted by molar-refractivity contribution is 7.89. The zero-order valence-electron chi connectivity index (χ0n) is 15.6. The van der Waals surface area contributed by atoms with Crippen LogP contribution >= 0.6 is 0 Å². The number of halogens is 1. The van der Waals surface area contributed by atoms with Gasteiger partial charge in [-0.15, -0.1) is 0 Å². The fourth-order valence-corrected chi connectivity index (χ4v) is 4.80. The predicted molar refractivity (Wildman–Crippen MR) is 110 cm³/mol. The van der Waals surface area contributed by atoms with E-state index in [0.29, 0.717) is 5.69 Å². The number of carbonyl (C=O) groups excluding carboxylic acids is 1. The molecule has 3 aromatic carbocycles. The summed E-state index contributed by atoms with van der Waals surface area (Å²) in [5.41, 5.74) is 0.489. The molecule has 8 heteroatoms. The predicted octanol–water partition coefficient (Wildman–Crippen LogP) is 3.52. The average Bonchev–Trinajstić information content (AvgIpc) is 2.75. The van der Waals surface area contributed by atoms with Crippen LogP contribution in [0.2, 0.25) is 0 Å². The van der Waals surface area contributed by atoms with Crippen LogP contribution in [0.4, 0.5) is 14.9 Å². The second kappa shape index (κ2) is 7.81. The summed E-state index contributed by atoms with van der Waals surface area (Å²) in [6.45, 7) is 0.984. The fourth-order valence-electron chi connectivity index (χ4n) is 3.34. The molecule has 0 saturated carbocycles. The van der Waals surface area contributed by atoms with E-state index in [0.717, 1.165) is 10.8 Å². The lowest BCUT2D eigenvalue weighted by Crippen LogP contribution is -2.51. The van der Waals surface area contributed by atoms with Crippen LogP contribution in [0.25, 0.3) is 10.8 Å². The normalized spacial score (nSPS) is 15.4. The molecule has 0 aliphatic carbocycles. The van der Waals surface area contributed by atoms with Gasteiger partial charge in [0.1, 0.15) is 5.82 Å². The Bertz CT molecular complexity index is 1140. The highest BCUT2D eigenvalue weighted by Crippen LogP contribution is 2.23. The lowest BCUT2D eigenvalue weighted by molar-refractivity contribution is 0.184. The molecule has 1 fully saturated rings. The van der Waals surface area contributed by atoms with E-state index in [-0.39, 0.29) is 42.9 Å². The van der Waals surface area contributed by atoms with E-state index in [1.165, 1.54) is 28.6 Å². The molecule has 1 heterocycles. The Morgan fingerprint density at radius 2 is 1.52 bits per heavy atom. The first-order chi connectivity index (χ1) is 13.9. The molecule has 1 aliphatic heterocycles. The Morgan fingerprint density at radius 1 is 0.862 bits per heavy atom. The molecule has 0 aromatic heterocycles. The van der Waals surface area contributed by atoms with Crippen LogP contribution in [0.5, 0.6) is 0 Å². The van der Waals surface area contributed by atoms with Gasteiger partial charge in [0.15, 0.2) is 0 Å². The first kappa shape index (κ1) is 19.4. The van der Waals surface area contributed by atoms with Crippen LogP contribution < -0.4 is 5.32 Å². The summed E-state index contributed by atoms with van der Waals surface area (Å²) < 4.78 is 40.4. The van der Waals surface area contributed by atoms with Gasteiger partial charge in [-0.25, -0.2) is 17.6 Å². The van der Waals surface area contributed by atoms with E-state index in [9.17, 15) is 17.6 Å². The van der Waals surface area contributed by atoms with Gasteiger partial charge in [0.25, 0.3) is 0 Å². The summed E-state index contributed by atoms with van der Waals surface area (Å²) in [7, 11) is -3.63. The van der Waals surface area contributed by atoms with Gasteiger partial charge in [0, 0.05) is 31.9 Å². The van der Waals surface area contributed by atoms with Crippen LogP contribution in [-0.2, 0) is 10.0 Å². The third-order valence-corrected chi connectivity index (χ3v) is 6.87. The summed E-state index contributed by atoms with van der Waals surface area (Å²) in [4.78, 5) is 14.2. The number of fused-ring (bicyclic) bond motifs is 1. The van der Waals surface area contributed by atoms with Gasteiger partial charge in [-0.2, -0.15) is 4.31 Å². The highest BCUT2D eigenvalue weighted by atomic mass is 32.2. The van der Waals surface area contributed by atoms with Crippen molar-refractivity contribution in [1.82, 2.24) is 9.21 Å². The third-order valence-electron chi connectivity index (χ3n) is 4.98. The molecule has 1 saturated heterocycles. The number of benzene rings is 3. The molecule has 6 nitrogen and oxygen atoms in total. The summed E-state index contributed by atoms with van der Waals surface area (Å²) in [6.07, 6.45) is 0. The number of hydrogen-bond acceptors (Lipinski definition) is 3. The van der Waals surface area contributed by atoms with Crippen molar-refractivity contribution in [2.24, 2.45) is 0 Å². The van der Waals surface area contributed by atoms with E-state index in [1.54, 1.807) is 23.1 Å². The molecule has 0 radical (unpaired) electrons. The van der Waals surface area contributed by atoms with Crippen molar-refractivity contribution < 1.29 is 17.6 Å². The highest BCUT2D eigenvalue weighted by Gasteiger charge is 2.30. The van der Waals surface area contributed by atoms with Crippen LogP contribution in [0.1, 0.15) is 0 Å². The fraction of sp³-hybridized carbons (Fsp3) is 0.190. The summed E-state index contributed by atoms with van der Waals surface area (Å²) in [5, 5.41) is 4.54. The lowest BCUT2D eigenvalue weighted by atomic mass is 10.1. The molecule has 0 atom stereocenters. The first-order valence-corrected chi connectivity index (χ1v) is 10.7. The number of anilines is 1. The number of piperazine rings is 1. The molecule has 3 aromatic rings. The minimum Gasteiger partial charge on any atom is -0.322 e. The molecule has 0 unspecified atom stereocenters. The Kier molecular flexibility index (Phi) is 5.21. The van der Waals surface area contributed by atoms with Crippen LogP contribution in [-0.4, -0.2) is 49.8 Å². The Labute approximate surface area is 168 Å². The standard InChI is InChI=1S/C21H20FN3O3S/c22-18-6-8-19(9-7-18)23-21(26)24-11-13-25(14-12-24)29(27,28)20-10-5-16-3-1-2-4-17(16)15-20/h1-10,15H,11-14H2,(H,23,26). The number of sulfonamides is 1. The average molecular weight is 413 g/mol. The van der Waals surface area contributed by atoms with Crippen molar-refractivity contribution >= 4 is 32.5 Å². The van der Waals surface area contributed by atoms with Gasteiger partial charge >= 0.3 is 6.03 Å². The molecule has 2 amide bonds. The number of nitrogens with zero attached hydrogens (tertiary/aromatic N) is 2. The second-order valence-corrected chi connectivity index (χ2v) is 8.78. The summed E-state index contributed by atoms with van der Waals surface area (Å²) >= 11 is 0. The van der Waals surface area contributed by atoms with Crippen molar-refractivity contribution in [3.63, 3.8) is 0 Å². The quantitative estimate of drug-likeness (QED) is 0.714. The van der Waals surface area contributed by atoms with E-state index in [1.807, 2.05) is 24.3 Å². The molecule has 0 bridgehead atoms. The van der Waals surface area contributed by atoms with Crippen molar-refractivity contribution in [2.75, 3.05) is 31.5 Å². The Hall–Kier alpha value is -2.97. The number of amides is 2. The molecule has 0 spiro atoms. The molecular formula is C21H20FN3O3S. The maximum absolute atomic E-state index is 13.0. The Morgan fingerprint density at radius 3 is 2.21 bits per heavy atom. The minimum absolute atomic E-state index is 0.214.